The van der Waals surface area contributed by atoms with Crippen molar-refractivity contribution < 1.29 is 9.53 Å². The lowest BCUT2D eigenvalue weighted by molar-refractivity contribution is -0.136. The van der Waals surface area contributed by atoms with E-state index < -0.39 is 0 Å². The van der Waals surface area contributed by atoms with E-state index in [1.54, 1.807) is 0 Å². The van der Waals surface area contributed by atoms with E-state index >= 15 is 0 Å². The van der Waals surface area contributed by atoms with Crippen LogP contribution in [0.5, 0.6) is 0 Å². The maximum Gasteiger partial charge on any atom is 0.249 e. The number of rotatable bonds is 3. The fourth-order valence-corrected chi connectivity index (χ4v) is 1.84. The predicted octanol–water partition coefficient (Wildman–Crippen LogP) is 1.05. The van der Waals surface area contributed by atoms with E-state index in [-0.39, 0.29) is 23.5 Å². The van der Waals surface area contributed by atoms with E-state index in [1.165, 1.54) is 0 Å². The summed E-state index contributed by atoms with van der Waals surface area (Å²) < 4.78 is 5.44. The summed E-state index contributed by atoms with van der Waals surface area (Å²) in [6.45, 7) is 7.38. The molecule has 16 heavy (non-hydrogen) atoms. The summed E-state index contributed by atoms with van der Waals surface area (Å²) in [5, 5.41) is 2.99. The Morgan fingerprint density at radius 1 is 1.50 bits per heavy atom. The van der Waals surface area contributed by atoms with Gasteiger partial charge in [0, 0.05) is 19.2 Å². The predicted molar refractivity (Wildman–Crippen MR) is 64.0 cm³/mol. The Morgan fingerprint density at radius 2 is 2.19 bits per heavy atom. The number of nitrogens with one attached hydrogen (secondary N) is 1. The highest BCUT2D eigenvalue weighted by Crippen LogP contribution is 2.19. The second-order valence-corrected chi connectivity index (χ2v) is 5.52. The highest BCUT2D eigenvalue weighted by atomic mass is 16.5. The lowest BCUT2D eigenvalue weighted by Crippen LogP contribution is -2.52. The zero-order chi connectivity index (χ0) is 12.2. The molecule has 4 heteroatoms. The van der Waals surface area contributed by atoms with Crippen LogP contribution < -0.4 is 11.1 Å². The first-order valence-electron chi connectivity index (χ1n) is 6.07. The van der Waals surface area contributed by atoms with Gasteiger partial charge in [0.1, 0.15) is 6.10 Å². The van der Waals surface area contributed by atoms with E-state index in [0.717, 1.165) is 19.3 Å². The van der Waals surface area contributed by atoms with Gasteiger partial charge >= 0.3 is 0 Å². The summed E-state index contributed by atoms with van der Waals surface area (Å²) in [5.41, 5.74) is 5.67. The van der Waals surface area contributed by atoms with Crippen molar-refractivity contribution in [3.05, 3.63) is 0 Å². The average molecular weight is 228 g/mol. The van der Waals surface area contributed by atoms with Gasteiger partial charge in [-0.15, -0.1) is 0 Å². The summed E-state index contributed by atoms with van der Waals surface area (Å²) >= 11 is 0. The molecule has 0 aromatic rings. The molecule has 0 spiro atoms. The number of ether oxygens (including phenoxy) is 1. The molecule has 0 bridgehead atoms. The van der Waals surface area contributed by atoms with Crippen LogP contribution in [0.3, 0.4) is 0 Å². The quantitative estimate of drug-likeness (QED) is 0.758. The Labute approximate surface area is 97.9 Å². The van der Waals surface area contributed by atoms with Crippen molar-refractivity contribution in [1.82, 2.24) is 5.32 Å². The van der Waals surface area contributed by atoms with Crippen molar-refractivity contribution in [2.75, 3.05) is 13.2 Å². The van der Waals surface area contributed by atoms with Gasteiger partial charge in [-0.2, -0.15) is 0 Å². The van der Waals surface area contributed by atoms with Gasteiger partial charge in [-0.1, -0.05) is 20.8 Å². The lowest BCUT2D eigenvalue weighted by atomic mass is 9.86. The Morgan fingerprint density at radius 3 is 2.62 bits per heavy atom. The molecule has 0 saturated carbocycles. The Hall–Kier alpha value is -0.610. The Kier molecular flexibility index (Phi) is 4.74. The first-order valence-corrected chi connectivity index (χ1v) is 6.07. The fraction of sp³-hybridized carbons (Fsp3) is 0.917. The largest absolute Gasteiger partial charge is 0.368 e. The number of nitrogens with two attached hydrogens (primary N) is 1. The van der Waals surface area contributed by atoms with Crippen LogP contribution in [0.15, 0.2) is 0 Å². The summed E-state index contributed by atoms with van der Waals surface area (Å²) in [5.74, 6) is -0.00919. The van der Waals surface area contributed by atoms with Crippen molar-refractivity contribution >= 4 is 5.91 Å². The summed E-state index contributed by atoms with van der Waals surface area (Å²) in [6.07, 6.45) is 2.68. The molecule has 4 nitrogen and oxygen atoms in total. The van der Waals surface area contributed by atoms with E-state index in [0.29, 0.717) is 13.2 Å². The van der Waals surface area contributed by atoms with Crippen LogP contribution in [0.4, 0.5) is 0 Å². The molecule has 1 aliphatic heterocycles. The smallest absolute Gasteiger partial charge is 0.249 e. The van der Waals surface area contributed by atoms with E-state index in [9.17, 15) is 4.79 Å². The first kappa shape index (κ1) is 13.5. The SMILES string of the molecule is CC(C)(C)C(CN)NC(=O)C1CCCCO1. The molecule has 3 N–H and O–H groups in total. The topological polar surface area (TPSA) is 64.3 Å². The van der Waals surface area contributed by atoms with Gasteiger partial charge in [0.25, 0.3) is 0 Å². The van der Waals surface area contributed by atoms with Crippen LogP contribution in [0.1, 0.15) is 40.0 Å². The zero-order valence-electron chi connectivity index (χ0n) is 10.6. The maximum atomic E-state index is 11.9. The third-order valence-electron chi connectivity index (χ3n) is 3.07. The van der Waals surface area contributed by atoms with Crippen molar-refractivity contribution in [2.24, 2.45) is 11.1 Å². The minimum atomic E-state index is -0.273. The van der Waals surface area contributed by atoms with Gasteiger partial charge in [-0.05, 0) is 24.7 Å². The highest BCUT2D eigenvalue weighted by Gasteiger charge is 2.29. The van der Waals surface area contributed by atoms with Crippen molar-refractivity contribution in [3.8, 4) is 0 Å². The van der Waals surface area contributed by atoms with Gasteiger partial charge in [0.2, 0.25) is 5.91 Å². The minimum absolute atomic E-state index is 0.00512. The normalized spacial score (nSPS) is 23.9. The Bertz CT molecular complexity index is 230. The van der Waals surface area contributed by atoms with Crippen LogP contribution in [-0.2, 0) is 9.53 Å². The number of hydrogen-bond donors (Lipinski definition) is 2. The molecular formula is C12H24N2O2. The van der Waals surface area contributed by atoms with Crippen LogP contribution in [0.2, 0.25) is 0 Å². The zero-order valence-corrected chi connectivity index (χ0v) is 10.6. The van der Waals surface area contributed by atoms with Crippen molar-refractivity contribution in [3.63, 3.8) is 0 Å². The van der Waals surface area contributed by atoms with E-state index in [1.807, 2.05) is 0 Å². The van der Waals surface area contributed by atoms with Crippen molar-refractivity contribution in [2.45, 2.75) is 52.2 Å². The number of carbonyl (C=O) groups excluding carboxylic acids is 1. The first-order chi connectivity index (χ1) is 7.45. The number of amides is 1. The molecule has 1 rings (SSSR count). The second kappa shape index (κ2) is 5.64. The van der Waals surface area contributed by atoms with Gasteiger partial charge < -0.3 is 15.8 Å². The molecule has 1 fully saturated rings. The van der Waals surface area contributed by atoms with E-state index in [4.69, 9.17) is 10.5 Å². The summed E-state index contributed by atoms with van der Waals surface area (Å²) in [4.78, 5) is 11.9. The van der Waals surface area contributed by atoms with Crippen LogP contribution in [0, 0.1) is 5.41 Å². The third-order valence-corrected chi connectivity index (χ3v) is 3.07. The maximum absolute atomic E-state index is 11.9. The second-order valence-electron chi connectivity index (χ2n) is 5.52. The third kappa shape index (κ3) is 3.76. The summed E-state index contributed by atoms with van der Waals surface area (Å²) in [7, 11) is 0. The number of hydrogen-bond acceptors (Lipinski definition) is 3. The molecule has 94 valence electrons. The molecular weight excluding hydrogens is 204 g/mol. The molecule has 1 amide bonds. The fourth-order valence-electron chi connectivity index (χ4n) is 1.84. The van der Waals surface area contributed by atoms with Gasteiger partial charge in [-0.3, -0.25) is 4.79 Å². The summed E-state index contributed by atoms with van der Waals surface area (Å²) in [6, 6.07) is 0.00512. The van der Waals surface area contributed by atoms with Gasteiger partial charge in [-0.25, -0.2) is 0 Å². The lowest BCUT2D eigenvalue weighted by Gasteiger charge is -2.32. The molecule has 0 radical (unpaired) electrons. The molecule has 1 heterocycles. The monoisotopic (exact) mass is 228 g/mol. The van der Waals surface area contributed by atoms with Gasteiger partial charge in [0.15, 0.2) is 0 Å². The van der Waals surface area contributed by atoms with Crippen molar-refractivity contribution in [1.29, 1.82) is 0 Å². The molecule has 2 atom stereocenters. The Balaban J connectivity index is 2.48. The molecule has 0 aromatic carbocycles. The molecule has 2 unspecified atom stereocenters. The van der Waals surface area contributed by atoms with Crippen LogP contribution in [-0.4, -0.2) is 31.2 Å². The van der Waals surface area contributed by atoms with Crippen LogP contribution >= 0.6 is 0 Å². The highest BCUT2D eigenvalue weighted by molar-refractivity contribution is 5.81. The standard InChI is InChI=1S/C12H24N2O2/c1-12(2,3)10(8-13)14-11(15)9-6-4-5-7-16-9/h9-10H,4-8,13H2,1-3H3,(H,14,15). The molecule has 0 aliphatic carbocycles. The number of carbonyl (C=O) groups is 1. The average Bonchev–Trinajstić information content (AvgIpc) is 2.25. The molecule has 0 aromatic heterocycles. The molecule has 1 aliphatic rings. The molecule has 1 saturated heterocycles. The van der Waals surface area contributed by atoms with E-state index in [2.05, 4.69) is 26.1 Å². The van der Waals surface area contributed by atoms with Gasteiger partial charge in [0.05, 0.1) is 0 Å². The minimum Gasteiger partial charge on any atom is -0.368 e. The van der Waals surface area contributed by atoms with Crippen LogP contribution in [0.25, 0.3) is 0 Å².